The van der Waals surface area contributed by atoms with Gasteiger partial charge in [0.15, 0.2) is 5.17 Å². The Morgan fingerprint density at radius 1 is 1.14 bits per heavy atom. The molecule has 2 aliphatic rings. The lowest BCUT2D eigenvalue weighted by atomic mass is 9.98. The quantitative estimate of drug-likeness (QED) is 0.439. The average Bonchev–Trinajstić information content (AvgIpc) is 3.50. The molecule has 2 aliphatic heterocycles. The largest absolute Gasteiger partial charge is 0.497 e. The molecule has 0 saturated carbocycles. The highest BCUT2D eigenvalue weighted by atomic mass is 35.5. The van der Waals surface area contributed by atoms with Crippen molar-refractivity contribution in [2.75, 3.05) is 12.4 Å². The molecule has 0 saturated heterocycles. The molecule has 10 heteroatoms. The van der Waals surface area contributed by atoms with E-state index in [1.54, 1.807) is 18.2 Å². The number of rotatable bonds is 6. The summed E-state index contributed by atoms with van der Waals surface area (Å²) in [5.74, 6) is -0.690. The molecule has 2 atom stereocenters. The smallest absolute Gasteiger partial charge is 0.262 e. The van der Waals surface area contributed by atoms with E-state index in [0.29, 0.717) is 16.6 Å². The van der Waals surface area contributed by atoms with E-state index in [9.17, 15) is 14.0 Å². The number of hydrazone groups is 1. The van der Waals surface area contributed by atoms with Gasteiger partial charge in [-0.3, -0.25) is 9.59 Å². The van der Waals surface area contributed by atoms with Crippen molar-refractivity contribution in [2.24, 2.45) is 10.1 Å². The highest BCUT2D eigenvalue weighted by molar-refractivity contribution is 8.15. The number of thioether (sulfide) groups is 1. The van der Waals surface area contributed by atoms with E-state index in [2.05, 4.69) is 10.3 Å². The zero-order valence-electron chi connectivity index (χ0n) is 19.7. The Balaban J connectivity index is 1.36. The van der Waals surface area contributed by atoms with Crippen LogP contribution >= 0.6 is 23.4 Å². The van der Waals surface area contributed by atoms with Gasteiger partial charge in [0.2, 0.25) is 5.91 Å². The van der Waals surface area contributed by atoms with E-state index in [0.717, 1.165) is 22.6 Å². The van der Waals surface area contributed by atoms with Gasteiger partial charge in [0.05, 0.1) is 24.6 Å². The van der Waals surface area contributed by atoms with Gasteiger partial charge in [0.1, 0.15) is 16.8 Å². The topological polar surface area (TPSA) is 83.4 Å². The van der Waals surface area contributed by atoms with Gasteiger partial charge in [-0.1, -0.05) is 47.6 Å². The molecule has 0 bridgehead atoms. The van der Waals surface area contributed by atoms with Crippen molar-refractivity contribution >= 4 is 51.7 Å². The molecule has 0 radical (unpaired) electrons. The van der Waals surface area contributed by atoms with Crippen LogP contribution in [-0.4, -0.2) is 40.1 Å². The van der Waals surface area contributed by atoms with Crippen LogP contribution in [-0.2, 0) is 9.59 Å². The number of nitrogens with one attached hydrogen (secondary N) is 1. The number of nitrogens with zero attached hydrogens (tertiary/aromatic N) is 3. The van der Waals surface area contributed by atoms with Gasteiger partial charge in [0.25, 0.3) is 5.91 Å². The van der Waals surface area contributed by atoms with Crippen LogP contribution in [0.2, 0.25) is 5.02 Å². The Hall–Kier alpha value is -3.69. The SMILES string of the molecule is COc1ccc(C2=NN(C3=NC(=O)C(CC(=O)Nc4ccccc4F)S3)C(c3ccc(Cl)cc3)C2)cc1. The number of amidine groups is 1. The van der Waals surface area contributed by atoms with Crippen molar-refractivity contribution in [2.45, 2.75) is 24.1 Å². The summed E-state index contributed by atoms with van der Waals surface area (Å²) in [7, 11) is 1.61. The number of anilines is 1. The van der Waals surface area contributed by atoms with Crippen molar-refractivity contribution < 1.29 is 18.7 Å². The van der Waals surface area contributed by atoms with Gasteiger partial charge in [-0.25, -0.2) is 9.40 Å². The number of benzene rings is 3. The highest BCUT2D eigenvalue weighted by Gasteiger charge is 2.39. The standard InChI is InChI=1S/C27H22ClFN4O3S/c1-36-19-12-8-16(9-13-19)22-14-23(17-6-10-18(28)11-7-17)33(32-22)27-31-26(35)24(37-27)15-25(34)30-21-5-3-2-4-20(21)29/h2-13,23-24H,14-15H2,1H3,(H,30,34). The monoisotopic (exact) mass is 536 g/mol. The predicted octanol–water partition coefficient (Wildman–Crippen LogP) is 5.67. The van der Waals surface area contributed by atoms with Crippen LogP contribution < -0.4 is 10.1 Å². The highest BCUT2D eigenvalue weighted by Crippen LogP contribution is 2.39. The Labute approximate surface area is 222 Å². The lowest BCUT2D eigenvalue weighted by Gasteiger charge is -2.23. The zero-order chi connectivity index (χ0) is 25.9. The van der Waals surface area contributed by atoms with Gasteiger partial charge in [-0.05, 0) is 59.7 Å². The fourth-order valence-corrected chi connectivity index (χ4v) is 5.31. The Morgan fingerprint density at radius 2 is 1.86 bits per heavy atom. The third-order valence-electron chi connectivity index (χ3n) is 6.03. The number of para-hydroxylation sites is 1. The zero-order valence-corrected chi connectivity index (χ0v) is 21.3. The molecular formula is C27H22ClFN4O3S. The van der Waals surface area contributed by atoms with Gasteiger partial charge >= 0.3 is 0 Å². The van der Waals surface area contributed by atoms with E-state index in [1.807, 2.05) is 48.5 Å². The molecule has 3 aromatic carbocycles. The average molecular weight is 537 g/mol. The first-order chi connectivity index (χ1) is 17.9. The number of methoxy groups -OCH3 is 1. The second kappa shape index (κ2) is 10.7. The molecule has 3 aromatic rings. The van der Waals surface area contributed by atoms with Gasteiger partial charge < -0.3 is 10.1 Å². The number of carbonyl (C=O) groups excluding carboxylic acids is 2. The summed E-state index contributed by atoms with van der Waals surface area (Å²) in [5, 5.41) is 9.39. The minimum absolute atomic E-state index is 0.0696. The van der Waals surface area contributed by atoms with Crippen LogP contribution in [0.4, 0.5) is 10.1 Å². The van der Waals surface area contributed by atoms with Crippen LogP contribution in [0.25, 0.3) is 0 Å². The maximum Gasteiger partial charge on any atom is 0.262 e. The van der Waals surface area contributed by atoms with Gasteiger partial charge in [0, 0.05) is 17.9 Å². The van der Waals surface area contributed by atoms with Gasteiger partial charge in [-0.15, -0.1) is 0 Å². The molecule has 2 heterocycles. The lowest BCUT2D eigenvalue weighted by Crippen LogP contribution is -2.25. The summed E-state index contributed by atoms with van der Waals surface area (Å²) in [6.45, 7) is 0. The normalized spacial score (nSPS) is 19.0. The predicted molar refractivity (Wildman–Crippen MR) is 144 cm³/mol. The second-order valence-corrected chi connectivity index (χ2v) is 10.1. The molecule has 0 aromatic heterocycles. The summed E-state index contributed by atoms with van der Waals surface area (Å²) >= 11 is 7.28. The molecular weight excluding hydrogens is 515 g/mol. The Morgan fingerprint density at radius 3 is 2.57 bits per heavy atom. The minimum Gasteiger partial charge on any atom is -0.497 e. The summed E-state index contributed by atoms with van der Waals surface area (Å²) in [5.41, 5.74) is 2.80. The fourth-order valence-electron chi connectivity index (χ4n) is 4.13. The molecule has 0 spiro atoms. The van der Waals surface area contributed by atoms with E-state index in [-0.39, 0.29) is 18.2 Å². The van der Waals surface area contributed by atoms with Crippen molar-refractivity contribution in [3.63, 3.8) is 0 Å². The summed E-state index contributed by atoms with van der Waals surface area (Å²) < 4.78 is 19.2. The van der Waals surface area contributed by atoms with E-state index >= 15 is 0 Å². The first kappa shape index (κ1) is 25.0. The first-order valence-corrected chi connectivity index (χ1v) is 12.8. The molecule has 188 valence electrons. The number of amides is 2. The summed E-state index contributed by atoms with van der Waals surface area (Å²) in [6.07, 6.45) is 0.444. The molecule has 0 fully saturated rings. The fraction of sp³-hybridized carbons (Fsp3) is 0.185. The molecule has 2 unspecified atom stereocenters. The molecule has 1 N–H and O–H groups in total. The van der Waals surface area contributed by atoms with Crippen molar-refractivity contribution in [3.8, 4) is 5.75 Å². The van der Waals surface area contributed by atoms with Crippen LogP contribution in [0, 0.1) is 5.82 Å². The van der Waals surface area contributed by atoms with Crippen LogP contribution in [0.1, 0.15) is 30.0 Å². The number of halogens is 2. The minimum atomic E-state index is -0.729. The second-order valence-electron chi connectivity index (χ2n) is 8.46. The number of carbonyl (C=O) groups is 2. The molecule has 5 rings (SSSR count). The van der Waals surface area contributed by atoms with Crippen LogP contribution in [0.5, 0.6) is 5.75 Å². The summed E-state index contributed by atoms with van der Waals surface area (Å²) in [6, 6.07) is 20.8. The number of aliphatic imine (C=N–C) groups is 1. The number of hydrogen-bond donors (Lipinski definition) is 1. The number of ether oxygens (including phenoxy) is 1. The first-order valence-electron chi connectivity index (χ1n) is 11.5. The van der Waals surface area contributed by atoms with E-state index in [4.69, 9.17) is 21.4 Å². The maximum absolute atomic E-state index is 13.9. The van der Waals surface area contributed by atoms with Crippen LogP contribution in [0.15, 0.2) is 82.9 Å². The van der Waals surface area contributed by atoms with Crippen molar-refractivity contribution in [1.82, 2.24) is 5.01 Å². The lowest BCUT2D eigenvalue weighted by molar-refractivity contribution is -0.121. The number of hydrogen-bond acceptors (Lipinski definition) is 6. The third-order valence-corrected chi connectivity index (χ3v) is 7.43. The van der Waals surface area contributed by atoms with Crippen LogP contribution in [0.3, 0.4) is 0 Å². The molecule has 2 amide bonds. The van der Waals surface area contributed by atoms with E-state index < -0.39 is 22.9 Å². The molecule has 7 nitrogen and oxygen atoms in total. The summed E-state index contributed by atoms with van der Waals surface area (Å²) in [4.78, 5) is 29.5. The molecule has 0 aliphatic carbocycles. The maximum atomic E-state index is 13.9. The van der Waals surface area contributed by atoms with Gasteiger partial charge in [-0.2, -0.15) is 10.1 Å². The van der Waals surface area contributed by atoms with Crippen molar-refractivity contribution in [1.29, 1.82) is 0 Å². The van der Waals surface area contributed by atoms with E-state index in [1.165, 1.54) is 30.0 Å². The Bertz CT molecular complexity index is 1400. The third kappa shape index (κ3) is 5.52. The van der Waals surface area contributed by atoms with Crippen molar-refractivity contribution in [3.05, 3.63) is 94.8 Å². The molecule has 37 heavy (non-hydrogen) atoms. The Kier molecular flexibility index (Phi) is 7.25.